The quantitative estimate of drug-likeness (QED) is 0.340. The van der Waals surface area contributed by atoms with Crippen molar-refractivity contribution in [3.8, 4) is 6.07 Å². The fourth-order valence-electron chi connectivity index (χ4n) is 1.23. The fourth-order valence-corrected chi connectivity index (χ4v) is 2.35. The molecule has 84 valence electrons. The third-order valence-electron chi connectivity index (χ3n) is 2.07. The van der Waals surface area contributed by atoms with E-state index in [-0.39, 0.29) is 11.3 Å². The summed E-state index contributed by atoms with van der Waals surface area (Å²) < 4.78 is 0. The topological polar surface area (TPSA) is 66.9 Å². The number of thioether (sulfide) groups is 1. The molecule has 5 heteroatoms. The van der Waals surface area contributed by atoms with Gasteiger partial charge in [0.15, 0.2) is 0 Å². The highest BCUT2D eigenvalue weighted by Gasteiger charge is 2.16. The van der Waals surface area contributed by atoms with Crippen LogP contribution in [0, 0.1) is 21.4 Å². The molecule has 1 aromatic rings. The van der Waals surface area contributed by atoms with E-state index in [0.717, 1.165) is 18.6 Å². The summed E-state index contributed by atoms with van der Waals surface area (Å²) in [7, 11) is 0. The van der Waals surface area contributed by atoms with Gasteiger partial charge in [-0.15, -0.1) is 11.8 Å². The monoisotopic (exact) mass is 236 g/mol. The first-order valence-electron chi connectivity index (χ1n) is 5.01. The van der Waals surface area contributed by atoms with Gasteiger partial charge in [0.1, 0.15) is 11.6 Å². The maximum atomic E-state index is 10.7. The predicted octanol–water partition coefficient (Wildman–Crippen LogP) is 3.36. The van der Waals surface area contributed by atoms with Crippen molar-refractivity contribution in [3.63, 3.8) is 0 Å². The second-order valence-electron chi connectivity index (χ2n) is 3.22. The predicted molar refractivity (Wildman–Crippen MR) is 63.4 cm³/mol. The Morgan fingerprint density at radius 1 is 1.56 bits per heavy atom. The number of unbranched alkanes of at least 4 members (excludes halogenated alkanes) is 1. The van der Waals surface area contributed by atoms with E-state index in [2.05, 4.69) is 6.92 Å². The van der Waals surface area contributed by atoms with E-state index < -0.39 is 4.92 Å². The second kappa shape index (κ2) is 6.13. The number of hydrogen-bond acceptors (Lipinski definition) is 4. The van der Waals surface area contributed by atoms with Gasteiger partial charge in [0, 0.05) is 11.0 Å². The van der Waals surface area contributed by atoms with E-state index in [1.165, 1.54) is 17.8 Å². The van der Waals surface area contributed by atoms with Gasteiger partial charge in [-0.2, -0.15) is 5.26 Å². The maximum absolute atomic E-state index is 10.7. The zero-order chi connectivity index (χ0) is 12.0. The molecule has 0 radical (unpaired) electrons. The molecule has 0 saturated carbocycles. The second-order valence-corrected chi connectivity index (χ2v) is 4.36. The Kier molecular flexibility index (Phi) is 4.80. The van der Waals surface area contributed by atoms with Crippen LogP contribution in [-0.4, -0.2) is 10.7 Å². The summed E-state index contributed by atoms with van der Waals surface area (Å²) in [5.41, 5.74) is 0.0672. The molecule has 0 aliphatic rings. The van der Waals surface area contributed by atoms with Gasteiger partial charge in [-0.05, 0) is 18.2 Å². The largest absolute Gasteiger partial charge is 0.288 e. The van der Waals surface area contributed by atoms with E-state index in [4.69, 9.17) is 5.26 Å². The molecule has 16 heavy (non-hydrogen) atoms. The summed E-state index contributed by atoms with van der Waals surface area (Å²) in [5.74, 6) is 0.881. The van der Waals surface area contributed by atoms with Crippen LogP contribution < -0.4 is 0 Å². The number of nitro benzene ring substituents is 1. The van der Waals surface area contributed by atoms with Gasteiger partial charge in [-0.3, -0.25) is 10.1 Å². The lowest BCUT2D eigenvalue weighted by atomic mass is 10.2. The molecule has 0 bridgehead atoms. The third-order valence-corrected chi connectivity index (χ3v) is 3.21. The average molecular weight is 236 g/mol. The van der Waals surface area contributed by atoms with Crippen LogP contribution >= 0.6 is 11.8 Å². The summed E-state index contributed by atoms with van der Waals surface area (Å²) in [6.45, 7) is 2.08. The minimum atomic E-state index is -0.511. The molecule has 4 nitrogen and oxygen atoms in total. The van der Waals surface area contributed by atoms with Crippen LogP contribution in [0.5, 0.6) is 0 Å². The van der Waals surface area contributed by atoms with Crippen LogP contribution in [0.2, 0.25) is 0 Å². The van der Waals surface area contributed by atoms with Gasteiger partial charge >= 0.3 is 0 Å². The molecule has 0 heterocycles. The van der Waals surface area contributed by atoms with Crippen molar-refractivity contribution in [2.75, 3.05) is 5.75 Å². The Hall–Kier alpha value is -1.54. The van der Waals surface area contributed by atoms with Gasteiger partial charge in [0.05, 0.1) is 4.92 Å². The van der Waals surface area contributed by atoms with Crippen LogP contribution in [0.15, 0.2) is 23.1 Å². The Morgan fingerprint density at radius 3 is 2.88 bits per heavy atom. The lowest BCUT2D eigenvalue weighted by Crippen LogP contribution is -1.94. The summed E-state index contributed by atoms with van der Waals surface area (Å²) in [4.78, 5) is 10.9. The lowest BCUT2D eigenvalue weighted by Gasteiger charge is -2.03. The van der Waals surface area contributed by atoms with Crippen molar-refractivity contribution in [3.05, 3.63) is 33.9 Å². The molecule has 0 N–H and O–H groups in total. The van der Waals surface area contributed by atoms with Crippen LogP contribution in [0.1, 0.15) is 25.3 Å². The Balaban J connectivity index is 2.96. The van der Waals surface area contributed by atoms with Crippen molar-refractivity contribution in [2.45, 2.75) is 24.7 Å². The molecule has 0 amide bonds. The van der Waals surface area contributed by atoms with Gasteiger partial charge in [-0.25, -0.2) is 0 Å². The Morgan fingerprint density at radius 2 is 2.31 bits per heavy atom. The molecular weight excluding hydrogens is 224 g/mol. The van der Waals surface area contributed by atoms with E-state index in [1.54, 1.807) is 12.1 Å². The summed E-state index contributed by atoms with van der Waals surface area (Å²) in [6.07, 6.45) is 2.11. The van der Waals surface area contributed by atoms with E-state index in [1.807, 2.05) is 6.07 Å². The first kappa shape index (κ1) is 12.5. The third kappa shape index (κ3) is 2.97. The molecule has 0 spiro atoms. The van der Waals surface area contributed by atoms with Crippen LogP contribution in [0.3, 0.4) is 0 Å². The molecule has 1 rings (SSSR count). The zero-order valence-electron chi connectivity index (χ0n) is 8.97. The number of hydrogen-bond donors (Lipinski definition) is 0. The van der Waals surface area contributed by atoms with E-state index in [0.29, 0.717) is 4.90 Å². The van der Waals surface area contributed by atoms with Crippen LogP contribution in [0.4, 0.5) is 5.69 Å². The minimum Gasteiger partial charge on any atom is -0.258 e. The SMILES string of the molecule is CCCCSc1cccc([N+](=O)[O-])c1C#N. The van der Waals surface area contributed by atoms with Gasteiger partial charge < -0.3 is 0 Å². The highest BCUT2D eigenvalue weighted by atomic mass is 32.2. The number of nitriles is 1. The summed E-state index contributed by atoms with van der Waals surface area (Å²) in [5, 5.41) is 19.6. The Bertz CT molecular complexity index is 426. The van der Waals surface area contributed by atoms with Gasteiger partial charge in [-0.1, -0.05) is 19.4 Å². The van der Waals surface area contributed by atoms with Crippen LogP contribution in [-0.2, 0) is 0 Å². The number of nitrogens with zero attached hydrogens (tertiary/aromatic N) is 2. The summed E-state index contributed by atoms with van der Waals surface area (Å²) >= 11 is 1.50. The molecule has 0 aliphatic heterocycles. The molecule has 0 saturated heterocycles. The number of nitro groups is 1. The summed E-state index contributed by atoms with van der Waals surface area (Å²) in [6, 6.07) is 6.65. The molecule has 0 aromatic heterocycles. The number of rotatable bonds is 5. The average Bonchev–Trinajstić information content (AvgIpc) is 2.29. The van der Waals surface area contributed by atoms with Gasteiger partial charge in [0.25, 0.3) is 5.69 Å². The van der Waals surface area contributed by atoms with Crippen molar-refractivity contribution in [1.82, 2.24) is 0 Å². The zero-order valence-corrected chi connectivity index (χ0v) is 9.79. The smallest absolute Gasteiger partial charge is 0.258 e. The van der Waals surface area contributed by atoms with Crippen molar-refractivity contribution >= 4 is 17.4 Å². The minimum absolute atomic E-state index is 0.107. The maximum Gasteiger partial charge on any atom is 0.288 e. The first-order valence-corrected chi connectivity index (χ1v) is 5.99. The highest BCUT2D eigenvalue weighted by molar-refractivity contribution is 7.99. The van der Waals surface area contributed by atoms with Crippen molar-refractivity contribution in [1.29, 1.82) is 5.26 Å². The molecular formula is C11H12N2O2S. The molecule has 0 aliphatic carbocycles. The lowest BCUT2D eigenvalue weighted by molar-refractivity contribution is -0.385. The van der Waals surface area contributed by atoms with E-state index in [9.17, 15) is 10.1 Å². The molecule has 1 aromatic carbocycles. The molecule has 0 unspecified atom stereocenters. The number of benzene rings is 1. The first-order chi connectivity index (χ1) is 7.70. The fraction of sp³-hybridized carbons (Fsp3) is 0.364. The normalized spacial score (nSPS) is 9.75. The molecule has 0 atom stereocenters. The van der Waals surface area contributed by atoms with Crippen LogP contribution in [0.25, 0.3) is 0 Å². The van der Waals surface area contributed by atoms with Crippen molar-refractivity contribution in [2.24, 2.45) is 0 Å². The molecule has 0 fully saturated rings. The van der Waals surface area contributed by atoms with E-state index >= 15 is 0 Å². The van der Waals surface area contributed by atoms with Gasteiger partial charge in [0.2, 0.25) is 0 Å². The highest BCUT2D eigenvalue weighted by Crippen LogP contribution is 2.29. The van der Waals surface area contributed by atoms with Crippen molar-refractivity contribution < 1.29 is 4.92 Å². The standard InChI is InChI=1S/C11H12N2O2S/c1-2-3-7-16-11-6-4-5-10(13(14)15)9(11)8-12/h4-6H,2-3,7H2,1H3. The Labute approximate surface area is 98.4 Å².